The first-order valence-electron chi connectivity index (χ1n) is 6.67. The molecule has 2 aromatic carbocycles. The number of aliphatic hydroxyl groups excluding tert-OH is 1. The molecule has 0 heterocycles. The molecule has 20 heavy (non-hydrogen) atoms. The number of hydrogen-bond donors (Lipinski definition) is 3. The van der Waals surface area contributed by atoms with E-state index in [0.29, 0.717) is 18.8 Å². The maximum Gasteiger partial charge on any atom is 0.123 e. The molecule has 0 atom stereocenters. The predicted molar refractivity (Wildman–Crippen MR) is 81.7 cm³/mol. The number of aliphatic hydroxyl groups is 1. The van der Waals surface area contributed by atoms with Gasteiger partial charge in [0.2, 0.25) is 0 Å². The molecule has 0 aliphatic rings. The molecule has 0 aliphatic heterocycles. The third-order valence-electron chi connectivity index (χ3n) is 2.91. The van der Waals surface area contributed by atoms with Crippen molar-refractivity contribution in [1.29, 1.82) is 0 Å². The zero-order valence-corrected chi connectivity index (χ0v) is 11.6. The van der Waals surface area contributed by atoms with Crippen LogP contribution >= 0.6 is 0 Å². The van der Waals surface area contributed by atoms with Gasteiger partial charge in [-0.2, -0.15) is 0 Å². The Hall–Kier alpha value is -2.20. The number of nitrogens with one attached hydrogen (secondary N) is 1. The molecule has 0 bridgehead atoms. The highest BCUT2D eigenvalue weighted by atomic mass is 16.5. The highest BCUT2D eigenvalue weighted by molar-refractivity contribution is 5.59. The fourth-order valence-corrected chi connectivity index (χ4v) is 2.02. The SMILES string of the molecule is CCOc1cc(N)cc(NCc2cccc(CO)c2)c1. The van der Waals surface area contributed by atoms with E-state index in [1.54, 1.807) is 6.07 Å². The summed E-state index contributed by atoms with van der Waals surface area (Å²) in [6, 6.07) is 13.4. The van der Waals surface area contributed by atoms with Gasteiger partial charge in [0, 0.05) is 30.1 Å². The van der Waals surface area contributed by atoms with Gasteiger partial charge in [-0.05, 0) is 24.1 Å². The molecule has 0 aromatic heterocycles. The van der Waals surface area contributed by atoms with E-state index in [1.807, 2.05) is 43.3 Å². The zero-order valence-electron chi connectivity index (χ0n) is 11.6. The van der Waals surface area contributed by atoms with Gasteiger partial charge >= 0.3 is 0 Å². The second-order valence-electron chi connectivity index (χ2n) is 4.56. The van der Waals surface area contributed by atoms with Crippen LogP contribution in [0.3, 0.4) is 0 Å². The normalized spacial score (nSPS) is 10.3. The van der Waals surface area contributed by atoms with Gasteiger partial charge in [0.25, 0.3) is 0 Å². The first-order valence-corrected chi connectivity index (χ1v) is 6.67. The van der Waals surface area contributed by atoms with Gasteiger partial charge in [0.1, 0.15) is 5.75 Å². The highest BCUT2D eigenvalue weighted by Gasteiger charge is 2.01. The lowest BCUT2D eigenvalue weighted by Gasteiger charge is -2.11. The molecule has 2 rings (SSSR count). The lowest BCUT2D eigenvalue weighted by molar-refractivity contribution is 0.281. The third kappa shape index (κ3) is 3.90. The standard InChI is InChI=1S/C16H20N2O2/c1-2-20-16-8-14(17)7-15(9-16)18-10-12-4-3-5-13(6-12)11-19/h3-9,18-19H,2,10-11,17H2,1H3. The van der Waals surface area contributed by atoms with Crippen molar-refractivity contribution in [3.8, 4) is 5.75 Å². The number of nitrogen functional groups attached to an aromatic ring is 1. The Morgan fingerprint density at radius 1 is 1.15 bits per heavy atom. The molecule has 0 saturated heterocycles. The topological polar surface area (TPSA) is 67.5 Å². The Bertz CT molecular complexity index is 570. The van der Waals surface area contributed by atoms with Crippen LogP contribution in [0.1, 0.15) is 18.1 Å². The van der Waals surface area contributed by atoms with Gasteiger partial charge in [-0.25, -0.2) is 0 Å². The summed E-state index contributed by atoms with van der Waals surface area (Å²) in [5, 5.41) is 12.4. The summed E-state index contributed by atoms with van der Waals surface area (Å²) < 4.78 is 5.46. The van der Waals surface area contributed by atoms with Crippen LogP contribution in [0.15, 0.2) is 42.5 Å². The minimum Gasteiger partial charge on any atom is -0.494 e. The van der Waals surface area contributed by atoms with E-state index in [4.69, 9.17) is 15.6 Å². The number of nitrogens with two attached hydrogens (primary N) is 1. The van der Waals surface area contributed by atoms with Gasteiger partial charge in [0.15, 0.2) is 0 Å². The van der Waals surface area contributed by atoms with Crippen LogP contribution in [0.5, 0.6) is 5.75 Å². The van der Waals surface area contributed by atoms with Gasteiger partial charge in [-0.15, -0.1) is 0 Å². The Kier molecular flexibility index (Phi) is 4.85. The average Bonchev–Trinajstić information content (AvgIpc) is 2.45. The fraction of sp³-hybridized carbons (Fsp3) is 0.250. The monoisotopic (exact) mass is 272 g/mol. The van der Waals surface area contributed by atoms with Crippen LogP contribution in [0.2, 0.25) is 0 Å². The van der Waals surface area contributed by atoms with Gasteiger partial charge < -0.3 is 20.9 Å². The van der Waals surface area contributed by atoms with E-state index in [2.05, 4.69) is 5.32 Å². The fourth-order valence-electron chi connectivity index (χ4n) is 2.02. The second-order valence-corrected chi connectivity index (χ2v) is 4.56. The molecule has 4 nitrogen and oxygen atoms in total. The van der Waals surface area contributed by atoms with E-state index in [9.17, 15) is 0 Å². The number of hydrogen-bond acceptors (Lipinski definition) is 4. The average molecular weight is 272 g/mol. The van der Waals surface area contributed by atoms with E-state index < -0.39 is 0 Å². The Morgan fingerprint density at radius 3 is 2.70 bits per heavy atom. The van der Waals surface area contributed by atoms with Gasteiger partial charge in [0.05, 0.1) is 13.2 Å². The van der Waals surface area contributed by atoms with Crippen LogP contribution in [0, 0.1) is 0 Å². The lowest BCUT2D eigenvalue weighted by Crippen LogP contribution is -2.02. The van der Waals surface area contributed by atoms with Gasteiger partial charge in [-0.1, -0.05) is 24.3 Å². The maximum atomic E-state index is 9.13. The molecular weight excluding hydrogens is 252 g/mol. The summed E-state index contributed by atoms with van der Waals surface area (Å²) in [6.45, 7) is 3.28. The molecule has 0 radical (unpaired) electrons. The van der Waals surface area contributed by atoms with E-state index in [-0.39, 0.29) is 6.61 Å². The zero-order chi connectivity index (χ0) is 14.4. The quantitative estimate of drug-likeness (QED) is 0.707. The molecule has 0 fully saturated rings. The summed E-state index contributed by atoms with van der Waals surface area (Å²) in [4.78, 5) is 0. The number of ether oxygens (including phenoxy) is 1. The molecule has 4 N–H and O–H groups in total. The summed E-state index contributed by atoms with van der Waals surface area (Å²) in [5.41, 5.74) is 9.46. The Morgan fingerprint density at radius 2 is 1.95 bits per heavy atom. The molecule has 2 aromatic rings. The van der Waals surface area contributed by atoms with Crippen LogP contribution in [0.25, 0.3) is 0 Å². The van der Waals surface area contributed by atoms with Crippen molar-refractivity contribution in [3.05, 3.63) is 53.6 Å². The number of benzene rings is 2. The number of anilines is 2. The van der Waals surface area contributed by atoms with E-state index in [1.165, 1.54) is 0 Å². The summed E-state index contributed by atoms with van der Waals surface area (Å²) in [5.74, 6) is 0.763. The minimum absolute atomic E-state index is 0.0562. The van der Waals surface area contributed by atoms with Crippen LogP contribution in [-0.2, 0) is 13.2 Å². The van der Waals surface area contributed by atoms with Crippen LogP contribution in [0.4, 0.5) is 11.4 Å². The largest absolute Gasteiger partial charge is 0.494 e. The predicted octanol–water partition coefficient (Wildman–Crippen LogP) is 2.77. The molecule has 0 saturated carbocycles. The summed E-state index contributed by atoms with van der Waals surface area (Å²) >= 11 is 0. The van der Waals surface area contributed by atoms with Crippen molar-refractivity contribution in [3.63, 3.8) is 0 Å². The summed E-state index contributed by atoms with van der Waals surface area (Å²) in [7, 11) is 0. The first-order chi connectivity index (χ1) is 9.71. The maximum absolute atomic E-state index is 9.13. The lowest BCUT2D eigenvalue weighted by atomic mass is 10.1. The van der Waals surface area contributed by atoms with Crippen molar-refractivity contribution >= 4 is 11.4 Å². The molecule has 0 aliphatic carbocycles. The second kappa shape index (κ2) is 6.82. The smallest absolute Gasteiger partial charge is 0.123 e. The molecular formula is C16H20N2O2. The molecule has 4 heteroatoms. The van der Waals surface area contributed by atoms with E-state index in [0.717, 1.165) is 22.6 Å². The molecule has 0 unspecified atom stereocenters. The molecule has 106 valence electrons. The third-order valence-corrected chi connectivity index (χ3v) is 2.91. The minimum atomic E-state index is 0.0562. The molecule has 0 amide bonds. The van der Waals surface area contributed by atoms with E-state index >= 15 is 0 Å². The Labute approximate surface area is 119 Å². The number of rotatable bonds is 6. The van der Waals surface area contributed by atoms with Gasteiger partial charge in [-0.3, -0.25) is 0 Å². The van der Waals surface area contributed by atoms with Crippen molar-refractivity contribution in [1.82, 2.24) is 0 Å². The van der Waals surface area contributed by atoms with Crippen LogP contribution in [-0.4, -0.2) is 11.7 Å². The first kappa shape index (κ1) is 14.2. The van der Waals surface area contributed by atoms with Crippen molar-refractivity contribution in [2.24, 2.45) is 0 Å². The van der Waals surface area contributed by atoms with Crippen molar-refractivity contribution in [2.75, 3.05) is 17.7 Å². The van der Waals surface area contributed by atoms with Crippen molar-refractivity contribution < 1.29 is 9.84 Å². The highest BCUT2D eigenvalue weighted by Crippen LogP contribution is 2.23. The molecule has 0 spiro atoms. The summed E-state index contributed by atoms with van der Waals surface area (Å²) in [6.07, 6.45) is 0. The Balaban J connectivity index is 2.06. The van der Waals surface area contributed by atoms with Crippen molar-refractivity contribution in [2.45, 2.75) is 20.1 Å². The van der Waals surface area contributed by atoms with Crippen LogP contribution < -0.4 is 15.8 Å².